The Morgan fingerprint density at radius 1 is 1.32 bits per heavy atom. The lowest BCUT2D eigenvalue weighted by atomic mass is 10.00. The molecule has 0 bridgehead atoms. The van der Waals surface area contributed by atoms with Gasteiger partial charge in [0.1, 0.15) is 0 Å². The van der Waals surface area contributed by atoms with Crippen molar-refractivity contribution >= 4 is 5.91 Å². The largest absolute Gasteiger partial charge is 0.416 e. The van der Waals surface area contributed by atoms with Gasteiger partial charge in [-0.3, -0.25) is 4.79 Å². The van der Waals surface area contributed by atoms with Gasteiger partial charge in [-0.2, -0.15) is 13.2 Å². The number of carbonyl (C=O) groups is 1. The highest BCUT2D eigenvalue weighted by atomic mass is 19.4. The molecule has 0 aliphatic carbocycles. The molecule has 1 unspecified atom stereocenters. The van der Waals surface area contributed by atoms with Crippen molar-refractivity contribution in [3.05, 3.63) is 35.4 Å². The lowest BCUT2D eigenvalue weighted by Crippen LogP contribution is -2.34. The first-order valence-electron chi connectivity index (χ1n) is 6.09. The van der Waals surface area contributed by atoms with Gasteiger partial charge in [0.15, 0.2) is 0 Å². The number of hydrogen-bond donors (Lipinski definition) is 1. The zero-order valence-corrected chi connectivity index (χ0v) is 10.3. The van der Waals surface area contributed by atoms with Gasteiger partial charge in [-0.25, -0.2) is 0 Å². The van der Waals surface area contributed by atoms with E-state index in [1.165, 1.54) is 23.1 Å². The van der Waals surface area contributed by atoms with Gasteiger partial charge in [0.25, 0.3) is 0 Å². The van der Waals surface area contributed by atoms with E-state index < -0.39 is 17.8 Å². The van der Waals surface area contributed by atoms with Crippen LogP contribution in [0.25, 0.3) is 0 Å². The third-order valence-corrected chi connectivity index (χ3v) is 3.25. The Kier molecular flexibility index (Phi) is 3.80. The second-order valence-electron chi connectivity index (χ2n) is 4.63. The Balaban J connectivity index is 2.19. The van der Waals surface area contributed by atoms with Crippen molar-refractivity contribution in [2.75, 3.05) is 13.1 Å². The lowest BCUT2D eigenvalue weighted by molar-refractivity contribution is -0.138. The summed E-state index contributed by atoms with van der Waals surface area (Å²) >= 11 is 0. The highest BCUT2D eigenvalue weighted by Gasteiger charge is 2.35. The predicted octanol–water partition coefficient (Wildman–Crippen LogP) is 2.33. The van der Waals surface area contributed by atoms with Crippen LogP contribution in [0.4, 0.5) is 13.2 Å². The van der Waals surface area contributed by atoms with Crippen LogP contribution >= 0.6 is 0 Å². The van der Waals surface area contributed by atoms with Gasteiger partial charge < -0.3 is 10.6 Å². The number of halogens is 3. The molecule has 1 aliphatic heterocycles. The summed E-state index contributed by atoms with van der Waals surface area (Å²) in [5.74, 6) is -0.0417. The molecule has 1 heterocycles. The third kappa shape index (κ3) is 3.07. The van der Waals surface area contributed by atoms with Crippen LogP contribution in [-0.4, -0.2) is 23.9 Å². The van der Waals surface area contributed by atoms with Crippen LogP contribution in [0.15, 0.2) is 24.3 Å². The average molecular weight is 272 g/mol. The molecule has 0 spiro atoms. The second kappa shape index (κ2) is 5.21. The van der Waals surface area contributed by atoms with E-state index >= 15 is 0 Å². The van der Waals surface area contributed by atoms with E-state index in [1.807, 2.05) is 0 Å². The van der Waals surface area contributed by atoms with Crippen molar-refractivity contribution in [2.45, 2.75) is 25.1 Å². The van der Waals surface area contributed by atoms with Crippen LogP contribution < -0.4 is 5.73 Å². The topological polar surface area (TPSA) is 46.3 Å². The number of benzene rings is 1. The standard InChI is InChI=1S/C13H15F3N2O/c14-13(15,16)10-5-2-1-4-9(10)11(17)8-18-7-3-6-12(18)19/h1-2,4-5,11H,3,6-8,17H2. The molecule has 1 aromatic carbocycles. The molecule has 104 valence electrons. The second-order valence-corrected chi connectivity index (χ2v) is 4.63. The third-order valence-electron chi connectivity index (χ3n) is 3.25. The van der Waals surface area contributed by atoms with Crippen LogP contribution in [0.3, 0.4) is 0 Å². The zero-order chi connectivity index (χ0) is 14.0. The van der Waals surface area contributed by atoms with E-state index in [0.29, 0.717) is 13.0 Å². The molecule has 1 aromatic rings. The Bertz CT molecular complexity index is 473. The molecule has 3 nitrogen and oxygen atoms in total. The summed E-state index contributed by atoms with van der Waals surface area (Å²) in [6, 6.07) is 4.42. The zero-order valence-electron chi connectivity index (χ0n) is 10.3. The smallest absolute Gasteiger partial charge is 0.341 e. The average Bonchev–Trinajstić information content (AvgIpc) is 2.74. The number of carbonyl (C=O) groups excluding carboxylic acids is 1. The van der Waals surface area contributed by atoms with Crippen LogP contribution in [-0.2, 0) is 11.0 Å². The molecule has 1 aliphatic rings. The summed E-state index contributed by atoms with van der Waals surface area (Å²) in [6.45, 7) is 0.701. The molecule has 1 saturated heterocycles. The van der Waals surface area contributed by atoms with Crippen LogP contribution in [0.2, 0.25) is 0 Å². The number of alkyl halides is 3. The van der Waals surface area contributed by atoms with Gasteiger partial charge >= 0.3 is 6.18 Å². The fourth-order valence-electron chi connectivity index (χ4n) is 2.31. The van der Waals surface area contributed by atoms with Crippen molar-refractivity contribution in [3.63, 3.8) is 0 Å². The lowest BCUT2D eigenvalue weighted by Gasteiger charge is -2.23. The summed E-state index contributed by atoms with van der Waals surface area (Å²) in [5.41, 5.74) is 5.15. The van der Waals surface area contributed by atoms with Crippen molar-refractivity contribution in [3.8, 4) is 0 Å². The van der Waals surface area contributed by atoms with Gasteiger partial charge in [0.2, 0.25) is 5.91 Å². The molecule has 6 heteroatoms. The van der Waals surface area contributed by atoms with E-state index in [1.54, 1.807) is 0 Å². The fourth-order valence-corrected chi connectivity index (χ4v) is 2.31. The molecule has 19 heavy (non-hydrogen) atoms. The molecule has 0 radical (unpaired) electrons. The summed E-state index contributed by atoms with van der Waals surface area (Å²) < 4.78 is 38.6. The van der Waals surface area contributed by atoms with E-state index in [2.05, 4.69) is 0 Å². The first kappa shape index (κ1) is 13.9. The van der Waals surface area contributed by atoms with Gasteiger partial charge in [-0.05, 0) is 18.1 Å². The summed E-state index contributed by atoms with van der Waals surface area (Å²) in [7, 11) is 0. The van der Waals surface area contributed by atoms with Crippen molar-refractivity contribution in [1.82, 2.24) is 4.90 Å². The van der Waals surface area contributed by atoms with Crippen molar-refractivity contribution in [2.24, 2.45) is 5.73 Å². The van der Waals surface area contributed by atoms with Crippen molar-refractivity contribution < 1.29 is 18.0 Å². The maximum absolute atomic E-state index is 12.9. The molecule has 1 fully saturated rings. The van der Waals surface area contributed by atoms with Crippen LogP contribution in [0, 0.1) is 0 Å². The fraction of sp³-hybridized carbons (Fsp3) is 0.462. The molecule has 1 atom stereocenters. The number of nitrogens with two attached hydrogens (primary N) is 1. The van der Waals surface area contributed by atoms with Crippen LogP contribution in [0.1, 0.15) is 30.0 Å². The van der Waals surface area contributed by atoms with E-state index in [9.17, 15) is 18.0 Å². The number of rotatable bonds is 3. The van der Waals surface area contributed by atoms with Gasteiger partial charge in [-0.15, -0.1) is 0 Å². The molecule has 1 amide bonds. The quantitative estimate of drug-likeness (QED) is 0.918. The monoisotopic (exact) mass is 272 g/mol. The minimum atomic E-state index is -4.43. The minimum absolute atomic E-state index is 0.0368. The molecule has 2 rings (SSSR count). The van der Waals surface area contributed by atoms with Gasteiger partial charge in [-0.1, -0.05) is 18.2 Å². The highest BCUT2D eigenvalue weighted by Crippen LogP contribution is 2.34. The Hall–Kier alpha value is -1.56. The number of likely N-dealkylation sites (tertiary alicyclic amines) is 1. The van der Waals surface area contributed by atoms with Gasteiger partial charge in [0.05, 0.1) is 5.56 Å². The van der Waals surface area contributed by atoms with E-state index in [-0.39, 0.29) is 18.0 Å². The van der Waals surface area contributed by atoms with E-state index in [0.717, 1.165) is 12.5 Å². The number of amides is 1. The highest BCUT2D eigenvalue weighted by molar-refractivity contribution is 5.78. The maximum atomic E-state index is 12.9. The van der Waals surface area contributed by atoms with Crippen LogP contribution in [0.5, 0.6) is 0 Å². The first-order chi connectivity index (χ1) is 8.89. The molecule has 0 saturated carbocycles. The Morgan fingerprint density at radius 3 is 2.58 bits per heavy atom. The number of hydrogen-bond acceptors (Lipinski definition) is 2. The first-order valence-corrected chi connectivity index (χ1v) is 6.09. The van der Waals surface area contributed by atoms with E-state index in [4.69, 9.17) is 5.73 Å². The SMILES string of the molecule is NC(CN1CCCC1=O)c1ccccc1C(F)(F)F. The molecular weight excluding hydrogens is 257 g/mol. The number of nitrogens with zero attached hydrogens (tertiary/aromatic N) is 1. The molecular formula is C13H15F3N2O. The van der Waals surface area contributed by atoms with Crippen molar-refractivity contribution in [1.29, 1.82) is 0 Å². The summed E-state index contributed by atoms with van der Waals surface area (Å²) in [4.78, 5) is 13.0. The predicted molar refractivity (Wildman–Crippen MR) is 64.2 cm³/mol. The Labute approximate surface area is 109 Å². The normalized spacial score (nSPS) is 17.9. The minimum Gasteiger partial charge on any atom is -0.341 e. The maximum Gasteiger partial charge on any atom is 0.416 e. The van der Waals surface area contributed by atoms with Gasteiger partial charge in [0, 0.05) is 25.6 Å². The summed E-state index contributed by atoms with van der Waals surface area (Å²) in [5, 5.41) is 0. The molecule has 2 N–H and O–H groups in total. The Morgan fingerprint density at radius 2 is 2.00 bits per heavy atom. The molecule has 0 aromatic heterocycles. The summed E-state index contributed by atoms with van der Waals surface area (Å²) in [6.07, 6.45) is -3.23.